The van der Waals surface area contributed by atoms with Crippen LogP contribution >= 0.6 is 0 Å². The van der Waals surface area contributed by atoms with E-state index in [2.05, 4.69) is 6.92 Å². The second-order valence-corrected chi connectivity index (χ2v) is 6.65. The zero-order chi connectivity index (χ0) is 18.0. The molecule has 0 heterocycles. The summed E-state index contributed by atoms with van der Waals surface area (Å²) in [7, 11) is 0. The van der Waals surface area contributed by atoms with Gasteiger partial charge < -0.3 is 13.1 Å². The quantitative estimate of drug-likeness (QED) is 0.198. The van der Waals surface area contributed by atoms with Crippen molar-refractivity contribution in [1.29, 1.82) is 0 Å². The topological polar surface area (TPSA) is 74.6 Å². The summed E-state index contributed by atoms with van der Waals surface area (Å²) in [6.45, 7) is 2.25. The number of hydrogen-bond acceptors (Lipinski definition) is 2. The van der Waals surface area contributed by atoms with Gasteiger partial charge >= 0.3 is 35.0 Å². The van der Waals surface area contributed by atoms with E-state index in [0.29, 0.717) is 0 Å². The van der Waals surface area contributed by atoms with Gasteiger partial charge in [0.2, 0.25) is 0 Å². The monoisotopic (exact) mass is 366 g/mol. The third kappa shape index (κ3) is 19.6. The zero-order valence-electron chi connectivity index (χ0n) is 18.0. The Kier molecular flexibility index (Phi) is 21.1. The minimum atomic E-state index is -1.07. The molecule has 0 bridgehead atoms. The number of unbranched alkanes of at least 4 members (excludes halogenated alkanes) is 12. The van der Waals surface area contributed by atoms with Gasteiger partial charge in [-0.1, -0.05) is 89.7 Å². The van der Waals surface area contributed by atoms with Crippen LogP contribution in [0.3, 0.4) is 0 Å². The Bertz CT molecular complexity index is 366. The van der Waals surface area contributed by atoms with Gasteiger partial charge in [-0.3, -0.25) is 9.59 Å². The van der Waals surface area contributed by atoms with Crippen LogP contribution in [0.4, 0.5) is 0 Å². The molecule has 5 heteroatoms. The van der Waals surface area contributed by atoms with Crippen molar-refractivity contribution in [3.05, 3.63) is 12.2 Å². The summed E-state index contributed by atoms with van der Waals surface area (Å²) >= 11 is 0. The number of rotatable bonds is 17. The van der Waals surface area contributed by atoms with Crippen LogP contribution in [0.25, 0.3) is 0 Å². The van der Waals surface area contributed by atoms with Crippen molar-refractivity contribution in [2.45, 2.75) is 96.8 Å². The maximum atomic E-state index is 10.9. The van der Waals surface area contributed by atoms with Crippen molar-refractivity contribution in [2.24, 2.45) is 5.92 Å². The second kappa shape index (κ2) is 19.8. The van der Waals surface area contributed by atoms with Crippen LogP contribution < -0.4 is 0 Å². The molecule has 0 saturated carbocycles. The fourth-order valence-electron chi connectivity index (χ4n) is 2.79. The number of allylic oxidation sites excluding steroid dienone is 1. The van der Waals surface area contributed by atoms with Crippen molar-refractivity contribution in [2.75, 3.05) is 0 Å². The number of hydrogen-bond donors (Lipinski definition) is 2. The van der Waals surface area contributed by atoms with Crippen LogP contribution in [0.1, 0.15) is 99.7 Å². The van der Waals surface area contributed by atoms with Gasteiger partial charge in [-0.2, -0.15) is 0 Å². The molecule has 0 amide bonds. The summed E-state index contributed by atoms with van der Waals surface area (Å²) < 4.78 is 0. The van der Waals surface area contributed by atoms with E-state index in [-0.39, 0.29) is 32.3 Å². The molecule has 144 valence electrons. The largest absolute Gasteiger partial charge is 2.00 e. The Morgan fingerprint density at radius 1 is 0.840 bits per heavy atom. The summed E-state index contributed by atoms with van der Waals surface area (Å²) in [4.78, 5) is 21.5. The van der Waals surface area contributed by atoms with Gasteiger partial charge in [0.1, 0.15) is 0 Å². The standard InChI is InChI=1S/C20H36O4.Mg.2H/c1-2-3-4-5-6-7-8-9-10-11-12-13-14-15-16-18(20(23)24)17-19(21)22;;;/h15-16,18H,2-14,17H2,1H3,(H,21,22)(H,23,24);;;/q;+2;2*-1. The Morgan fingerprint density at radius 3 is 1.68 bits per heavy atom. The molecule has 0 fully saturated rings. The van der Waals surface area contributed by atoms with Crippen LogP contribution in [0.2, 0.25) is 0 Å². The summed E-state index contributed by atoms with van der Waals surface area (Å²) in [5.74, 6) is -3.04. The van der Waals surface area contributed by atoms with Crippen LogP contribution in [0, 0.1) is 5.92 Å². The normalized spacial score (nSPS) is 12.0. The maximum absolute atomic E-state index is 10.9. The molecule has 0 aliphatic rings. The number of carbonyl (C=O) groups is 2. The minimum Gasteiger partial charge on any atom is -1.00 e. The molecule has 0 radical (unpaired) electrons. The average Bonchev–Trinajstić information content (AvgIpc) is 2.53. The summed E-state index contributed by atoms with van der Waals surface area (Å²) in [5.41, 5.74) is 0. The Hall–Kier alpha value is -0.554. The molecule has 1 unspecified atom stereocenters. The molecule has 25 heavy (non-hydrogen) atoms. The summed E-state index contributed by atoms with van der Waals surface area (Å²) in [6.07, 6.45) is 19.4. The van der Waals surface area contributed by atoms with Crippen molar-refractivity contribution in [3.8, 4) is 0 Å². The van der Waals surface area contributed by atoms with Gasteiger partial charge in [0.15, 0.2) is 0 Å². The number of carboxylic acids is 2. The number of carboxylic acid groups (broad SMARTS) is 2. The van der Waals surface area contributed by atoms with Crippen molar-refractivity contribution >= 4 is 35.0 Å². The fourth-order valence-corrected chi connectivity index (χ4v) is 2.79. The van der Waals surface area contributed by atoms with Crippen LogP contribution in [-0.4, -0.2) is 45.2 Å². The van der Waals surface area contributed by atoms with Crippen LogP contribution in [0.15, 0.2) is 12.2 Å². The first-order valence-electron chi connectivity index (χ1n) is 9.69. The molecule has 4 nitrogen and oxygen atoms in total. The smallest absolute Gasteiger partial charge is 1.00 e. The second-order valence-electron chi connectivity index (χ2n) is 6.65. The van der Waals surface area contributed by atoms with E-state index >= 15 is 0 Å². The van der Waals surface area contributed by atoms with E-state index in [4.69, 9.17) is 10.2 Å². The molecule has 2 N–H and O–H groups in total. The number of aliphatic carboxylic acids is 2. The van der Waals surface area contributed by atoms with E-state index in [0.717, 1.165) is 19.3 Å². The predicted molar refractivity (Wildman–Crippen MR) is 106 cm³/mol. The summed E-state index contributed by atoms with van der Waals surface area (Å²) in [6, 6.07) is 0. The van der Waals surface area contributed by atoms with Gasteiger partial charge in [0.25, 0.3) is 0 Å². The average molecular weight is 367 g/mol. The van der Waals surface area contributed by atoms with E-state index in [9.17, 15) is 9.59 Å². The first kappa shape index (κ1) is 26.7. The van der Waals surface area contributed by atoms with Crippen LogP contribution in [-0.2, 0) is 9.59 Å². The Balaban J connectivity index is -0.000000882. The molecular formula is C20H38MgO4. The molecule has 0 aromatic carbocycles. The van der Waals surface area contributed by atoms with E-state index in [1.165, 1.54) is 70.3 Å². The molecule has 0 saturated heterocycles. The minimum absolute atomic E-state index is 0. The van der Waals surface area contributed by atoms with Gasteiger partial charge in [-0.25, -0.2) is 0 Å². The fraction of sp³-hybridized carbons (Fsp3) is 0.800. The van der Waals surface area contributed by atoms with Crippen molar-refractivity contribution in [3.63, 3.8) is 0 Å². The molecule has 0 aromatic rings. The Morgan fingerprint density at radius 2 is 1.28 bits per heavy atom. The molecule has 1 atom stereocenters. The van der Waals surface area contributed by atoms with Gasteiger partial charge in [0, 0.05) is 0 Å². The third-order valence-corrected chi connectivity index (χ3v) is 4.30. The Labute approximate surface area is 172 Å². The maximum Gasteiger partial charge on any atom is 2.00 e. The van der Waals surface area contributed by atoms with Crippen LogP contribution in [0.5, 0.6) is 0 Å². The molecule has 0 rings (SSSR count). The molecule has 0 spiro atoms. The van der Waals surface area contributed by atoms with Gasteiger partial charge in [0.05, 0.1) is 12.3 Å². The zero-order valence-corrected chi connectivity index (χ0v) is 17.5. The first-order valence-corrected chi connectivity index (χ1v) is 9.69. The molecule has 0 aliphatic carbocycles. The van der Waals surface area contributed by atoms with E-state index in [1.54, 1.807) is 0 Å². The molecule has 0 aromatic heterocycles. The van der Waals surface area contributed by atoms with Crippen molar-refractivity contribution in [1.82, 2.24) is 0 Å². The first-order chi connectivity index (χ1) is 11.6. The van der Waals surface area contributed by atoms with Gasteiger partial charge in [-0.15, -0.1) is 0 Å². The van der Waals surface area contributed by atoms with E-state index in [1.807, 2.05) is 6.08 Å². The third-order valence-electron chi connectivity index (χ3n) is 4.30. The molecular weight excluding hydrogens is 329 g/mol. The van der Waals surface area contributed by atoms with E-state index < -0.39 is 17.9 Å². The molecule has 0 aliphatic heterocycles. The SMILES string of the molecule is CCCCCCCCCCCCCCC=CC(CC(=O)O)C(=O)O.[H-].[H-].[Mg+2]. The summed E-state index contributed by atoms with van der Waals surface area (Å²) in [5, 5.41) is 17.6. The van der Waals surface area contributed by atoms with Crippen molar-refractivity contribution < 1.29 is 22.7 Å². The predicted octanol–water partition coefficient (Wildman–Crippen LogP) is 5.65. The van der Waals surface area contributed by atoms with Gasteiger partial charge in [-0.05, 0) is 12.8 Å².